The molecule has 7 nitrogen and oxygen atoms in total. The summed E-state index contributed by atoms with van der Waals surface area (Å²) in [6.45, 7) is 2.56. The van der Waals surface area contributed by atoms with Gasteiger partial charge in [0.2, 0.25) is 0 Å². The lowest BCUT2D eigenvalue weighted by Crippen LogP contribution is -2.44. The highest BCUT2D eigenvalue weighted by molar-refractivity contribution is 5.44. The van der Waals surface area contributed by atoms with Crippen LogP contribution in [0.2, 0.25) is 0 Å². The fraction of sp³-hybridized carbons (Fsp3) is 0.455. The van der Waals surface area contributed by atoms with Gasteiger partial charge in [0.15, 0.2) is 0 Å². The zero-order chi connectivity index (χ0) is 12.5. The fourth-order valence-electron chi connectivity index (χ4n) is 2.06. The molecule has 0 aromatic carbocycles. The lowest BCUT2D eigenvalue weighted by Gasteiger charge is -2.28. The molecule has 3 heterocycles. The highest BCUT2D eigenvalue weighted by Crippen LogP contribution is 2.18. The van der Waals surface area contributed by atoms with Gasteiger partial charge in [-0.3, -0.25) is 4.68 Å². The summed E-state index contributed by atoms with van der Waals surface area (Å²) in [4.78, 5) is 0. The molecule has 1 aliphatic rings. The van der Waals surface area contributed by atoms with Gasteiger partial charge in [0, 0.05) is 32.4 Å². The topological polar surface area (TPSA) is 85.7 Å². The van der Waals surface area contributed by atoms with Crippen molar-refractivity contribution >= 4 is 11.5 Å². The van der Waals surface area contributed by atoms with Crippen molar-refractivity contribution in [2.45, 2.75) is 12.6 Å². The molecule has 96 valence electrons. The van der Waals surface area contributed by atoms with Gasteiger partial charge in [0.05, 0.1) is 24.5 Å². The molecule has 2 aromatic rings. The summed E-state index contributed by atoms with van der Waals surface area (Å²) in [7, 11) is 1.87. The molecule has 0 unspecified atom stereocenters. The number of hydrogen-bond donors (Lipinski definition) is 3. The third-order valence-electron chi connectivity index (χ3n) is 3.15. The molecule has 0 radical (unpaired) electrons. The number of nitrogens with two attached hydrogens (primary N) is 1. The molecule has 0 aliphatic carbocycles. The zero-order valence-corrected chi connectivity index (χ0v) is 10.3. The Bertz CT molecular complexity index is 537. The quantitative estimate of drug-likeness (QED) is 0.705. The fourth-order valence-corrected chi connectivity index (χ4v) is 2.06. The Morgan fingerprint density at radius 1 is 1.56 bits per heavy atom. The van der Waals surface area contributed by atoms with Crippen LogP contribution in [0.1, 0.15) is 11.7 Å². The third kappa shape index (κ3) is 1.92. The molecule has 1 aliphatic heterocycles. The Kier molecular flexibility index (Phi) is 2.67. The molecule has 0 amide bonds. The molecule has 3 rings (SSSR count). The molecule has 1 fully saturated rings. The number of anilines is 2. The van der Waals surface area contributed by atoms with E-state index >= 15 is 0 Å². The number of aryl methyl sites for hydroxylation is 1. The first-order chi connectivity index (χ1) is 8.74. The second kappa shape index (κ2) is 4.34. The van der Waals surface area contributed by atoms with Crippen LogP contribution in [0.25, 0.3) is 0 Å². The van der Waals surface area contributed by atoms with E-state index in [2.05, 4.69) is 20.8 Å². The van der Waals surface area contributed by atoms with Gasteiger partial charge in [-0.05, 0) is 0 Å². The Morgan fingerprint density at radius 2 is 2.39 bits per heavy atom. The molecular formula is C11H17N7. The predicted molar refractivity (Wildman–Crippen MR) is 69.1 cm³/mol. The van der Waals surface area contributed by atoms with E-state index in [-0.39, 0.29) is 0 Å². The SMILES string of the molecule is Cn1cc(N)c(CNc2ccnn2C2CNC2)n1. The highest BCUT2D eigenvalue weighted by atomic mass is 15.4. The van der Waals surface area contributed by atoms with Crippen molar-refractivity contribution in [3.05, 3.63) is 24.2 Å². The largest absolute Gasteiger partial charge is 0.396 e. The maximum atomic E-state index is 5.86. The van der Waals surface area contributed by atoms with Crippen LogP contribution in [0, 0.1) is 0 Å². The summed E-state index contributed by atoms with van der Waals surface area (Å²) in [6.07, 6.45) is 3.62. The summed E-state index contributed by atoms with van der Waals surface area (Å²) >= 11 is 0. The van der Waals surface area contributed by atoms with Gasteiger partial charge in [0.1, 0.15) is 11.5 Å². The Labute approximate surface area is 105 Å². The van der Waals surface area contributed by atoms with Gasteiger partial charge >= 0.3 is 0 Å². The van der Waals surface area contributed by atoms with Crippen molar-refractivity contribution in [2.75, 3.05) is 24.1 Å². The molecule has 0 spiro atoms. The number of hydrogen-bond acceptors (Lipinski definition) is 5. The van der Waals surface area contributed by atoms with Crippen LogP contribution >= 0.6 is 0 Å². The van der Waals surface area contributed by atoms with Crippen molar-refractivity contribution in [3.8, 4) is 0 Å². The second-order valence-electron chi connectivity index (χ2n) is 4.53. The number of nitrogens with zero attached hydrogens (tertiary/aromatic N) is 4. The van der Waals surface area contributed by atoms with Gasteiger partial charge < -0.3 is 16.4 Å². The minimum Gasteiger partial charge on any atom is -0.396 e. The molecule has 4 N–H and O–H groups in total. The van der Waals surface area contributed by atoms with Crippen LogP contribution in [-0.2, 0) is 13.6 Å². The maximum Gasteiger partial charge on any atom is 0.124 e. The number of rotatable bonds is 4. The zero-order valence-electron chi connectivity index (χ0n) is 10.3. The van der Waals surface area contributed by atoms with E-state index in [0.717, 1.165) is 24.6 Å². The standard InChI is InChI=1S/C11H17N7/c1-17-7-9(12)10(16-17)6-14-11-2-3-15-18(11)8-4-13-5-8/h2-3,7-8,13-14H,4-6,12H2,1H3. The first-order valence-corrected chi connectivity index (χ1v) is 6.00. The lowest BCUT2D eigenvalue weighted by atomic mass is 10.2. The molecular weight excluding hydrogens is 230 g/mol. The van der Waals surface area contributed by atoms with E-state index in [1.807, 2.05) is 30.2 Å². The minimum absolute atomic E-state index is 0.448. The predicted octanol–water partition coefficient (Wildman–Crippen LogP) is -0.0448. The summed E-state index contributed by atoms with van der Waals surface area (Å²) in [5.74, 6) is 1.01. The minimum atomic E-state index is 0.448. The van der Waals surface area contributed by atoms with Crippen molar-refractivity contribution in [1.82, 2.24) is 24.9 Å². The van der Waals surface area contributed by atoms with Crippen LogP contribution in [0.4, 0.5) is 11.5 Å². The first kappa shape index (κ1) is 11.1. The van der Waals surface area contributed by atoms with E-state index in [9.17, 15) is 0 Å². The summed E-state index contributed by atoms with van der Waals surface area (Å²) < 4.78 is 3.73. The molecule has 1 saturated heterocycles. The van der Waals surface area contributed by atoms with Crippen molar-refractivity contribution in [3.63, 3.8) is 0 Å². The third-order valence-corrected chi connectivity index (χ3v) is 3.15. The van der Waals surface area contributed by atoms with E-state index in [4.69, 9.17) is 5.73 Å². The molecule has 7 heteroatoms. The van der Waals surface area contributed by atoms with E-state index in [1.54, 1.807) is 4.68 Å². The molecule has 0 saturated carbocycles. The van der Waals surface area contributed by atoms with Gasteiger partial charge in [-0.1, -0.05) is 0 Å². The van der Waals surface area contributed by atoms with Crippen LogP contribution in [0.3, 0.4) is 0 Å². The maximum absolute atomic E-state index is 5.86. The second-order valence-corrected chi connectivity index (χ2v) is 4.53. The lowest BCUT2D eigenvalue weighted by molar-refractivity contribution is 0.321. The Balaban J connectivity index is 1.69. The Morgan fingerprint density at radius 3 is 3.00 bits per heavy atom. The average Bonchev–Trinajstić information content (AvgIpc) is 2.81. The number of nitrogens with one attached hydrogen (secondary N) is 2. The van der Waals surface area contributed by atoms with Crippen LogP contribution < -0.4 is 16.4 Å². The number of aromatic nitrogens is 4. The smallest absolute Gasteiger partial charge is 0.124 e. The summed E-state index contributed by atoms with van der Waals surface area (Å²) in [5.41, 5.74) is 7.43. The first-order valence-electron chi connectivity index (χ1n) is 6.00. The highest BCUT2D eigenvalue weighted by Gasteiger charge is 2.21. The van der Waals surface area contributed by atoms with Gasteiger partial charge in [-0.15, -0.1) is 0 Å². The summed E-state index contributed by atoms with van der Waals surface area (Å²) in [6, 6.07) is 2.42. The average molecular weight is 247 g/mol. The van der Waals surface area contributed by atoms with Crippen molar-refractivity contribution < 1.29 is 0 Å². The van der Waals surface area contributed by atoms with Crippen molar-refractivity contribution in [1.29, 1.82) is 0 Å². The van der Waals surface area contributed by atoms with Gasteiger partial charge in [-0.25, -0.2) is 4.68 Å². The van der Waals surface area contributed by atoms with E-state index in [1.165, 1.54) is 0 Å². The van der Waals surface area contributed by atoms with Crippen molar-refractivity contribution in [2.24, 2.45) is 7.05 Å². The number of nitrogen functional groups attached to an aromatic ring is 1. The molecule has 0 atom stereocenters. The molecule has 0 bridgehead atoms. The van der Waals surface area contributed by atoms with E-state index < -0.39 is 0 Å². The van der Waals surface area contributed by atoms with Crippen LogP contribution in [-0.4, -0.2) is 32.7 Å². The Hall–Kier alpha value is -2.02. The normalized spacial score (nSPS) is 15.6. The van der Waals surface area contributed by atoms with Crippen LogP contribution in [0.15, 0.2) is 18.5 Å². The van der Waals surface area contributed by atoms with Gasteiger partial charge in [0.25, 0.3) is 0 Å². The van der Waals surface area contributed by atoms with Gasteiger partial charge in [-0.2, -0.15) is 10.2 Å². The summed E-state index contributed by atoms with van der Waals surface area (Å²) in [5, 5.41) is 15.2. The van der Waals surface area contributed by atoms with E-state index in [0.29, 0.717) is 18.3 Å². The molecule has 18 heavy (non-hydrogen) atoms. The molecule has 2 aromatic heterocycles. The monoisotopic (exact) mass is 247 g/mol. The van der Waals surface area contributed by atoms with Crippen LogP contribution in [0.5, 0.6) is 0 Å².